The Morgan fingerprint density at radius 1 is 1.33 bits per heavy atom. The third-order valence-electron chi connectivity index (χ3n) is 1.28. The Kier molecular flexibility index (Phi) is 9.25. The summed E-state index contributed by atoms with van der Waals surface area (Å²) in [5.41, 5.74) is 10.6. The molecule has 0 aliphatic heterocycles. The molecule has 12 heavy (non-hydrogen) atoms. The molecule has 7 heteroatoms. The van der Waals surface area contributed by atoms with E-state index < -0.39 is 10.1 Å². The maximum atomic E-state index is 10.2. The summed E-state index contributed by atoms with van der Waals surface area (Å²) in [6.07, 6.45) is 0.839. The third-order valence-corrected chi connectivity index (χ3v) is 2.04. The van der Waals surface area contributed by atoms with E-state index >= 15 is 0 Å². The molecule has 5 nitrogen and oxygen atoms in total. The van der Waals surface area contributed by atoms with Crippen molar-refractivity contribution in [3.05, 3.63) is 0 Å². The van der Waals surface area contributed by atoms with Gasteiger partial charge in [0, 0.05) is 6.04 Å². The standard InChI is InChI=1S/C5H14N2O3S.Na.H/c6-3-1-5(7)2-4-11(8,9)10;;/h5H,1-4,6-7H2,(H,8,9,10);;. The van der Waals surface area contributed by atoms with Gasteiger partial charge in [-0.15, -0.1) is 0 Å². The summed E-state index contributed by atoms with van der Waals surface area (Å²) in [5.74, 6) is -0.284. The van der Waals surface area contributed by atoms with Crippen LogP contribution in [0.25, 0.3) is 0 Å². The van der Waals surface area contributed by atoms with Crippen LogP contribution in [0.5, 0.6) is 0 Å². The SMILES string of the molecule is NCCC(N)CCS(=O)(=O)O.[NaH]. The van der Waals surface area contributed by atoms with Gasteiger partial charge in [0.2, 0.25) is 0 Å². The molecule has 0 saturated heterocycles. The summed E-state index contributed by atoms with van der Waals surface area (Å²) in [6, 6.07) is -0.234. The van der Waals surface area contributed by atoms with Crippen molar-refractivity contribution in [2.75, 3.05) is 12.3 Å². The topological polar surface area (TPSA) is 106 Å². The normalized spacial score (nSPS) is 13.6. The summed E-state index contributed by atoms with van der Waals surface area (Å²) in [4.78, 5) is 0. The van der Waals surface area contributed by atoms with Gasteiger partial charge < -0.3 is 11.5 Å². The van der Waals surface area contributed by atoms with E-state index in [4.69, 9.17) is 16.0 Å². The molecule has 0 aromatic carbocycles. The molecule has 5 N–H and O–H groups in total. The maximum absolute atomic E-state index is 10.2. The molecule has 0 amide bonds. The van der Waals surface area contributed by atoms with Crippen LogP contribution in [-0.4, -0.2) is 60.9 Å². The van der Waals surface area contributed by atoms with Gasteiger partial charge in [0.25, 0.3) is 10.1 Å². The van der Waals surface area contributed by atoms with Crippen molar-refractivity contribution >= 4 is 39.7 Å². The van der Waals surface area contributed by atoms with E-state index in [-0.39, 0.29) is 47.8 Å². The first-order chi connectivity index (χ1) is 4.95. The minimum absolute atomic E-state index is 0. The molecule has 0 radical (unpaired) electrons. The van der Waals surface area contributed by atoms with Crippen LogP contribution in [0.15, 0.2) is 0 Å². The van der Waals surface area contributed by atoms with Gasteiger partial charge in [-0.2, -0.15) is 8.42 Å². The average Bonchev–Trinajstić information content (AvgIpc) is 1.83. The molecule has 0 rings (SSSR count). The zero-order valence-corrected chi connectivity index (χ0v) is 7.05. The fourth-order valence-electron chi connectivity index (χ4n) is 0.659. The van der Waals surface area contributed by atoms with Gasteiger partial charge in [-0.25, -0.2) is 0 Å². The van der Waals surface area contributed by atoms with Crippen molar-refractivity contribution in [3.8, 4) is 0 Å². The number of nitrogens with two attached hydrogens (primary N) is 2. The van der Waals surface area contributed by atoms with Crippen molar-refractivity contribution in [3.63, 3.8) is 0 Å². The second-order valence-electron chi connectivity index (χ2n) is 2.41. The van der Waals surface area contributed by atoms with Gasteiger partial charge in [-0.3, -0.25) is 4.55 Å². The first-order valence-electron chi connectivity index (χ1n) is 3.36. The first kappa shape index (κ1) is 15.3. The molecule has 0 bridgehead atoms. The number of hydrogen-bond donors (Lipinski definition) is 3. The van der Waals surface area contributed by atoms with Crippen molar-refractivity contribution < 1.29 is 13.0 Å². The molecule has 0 heterocycles. The molecule has 1 atom stereocenters. The van der Waals surface area contributed by atoms with Gasteiger partial charge >= 0.3 is 29.6 Å². The van der Waals surface area contributed by atoms with Crippen LogP contribution >= 0.6 is 0 Å². The van der Waals surface area contributed by atoms with E-state index in [0.717, 1.165) is 0 Å². The van der Waals surface area contributed by atoms with Crippen molar-refractivity contribution in [1.29, 1.82) is 0 Å². The van der Waals surface area contributed by atoms with Gasteiger partial charge in [-0.05, 0) is 19.4 Å². The van der Waals surface area contributed by atoms with Gasteiger partial charge in [0.15, 0.2) is 0 Å². The fourth-order valence-corrected chi connectivity index (χ4v) is 1.26. The summed E-state index contributed by atoms with van der Waals surface area (Å²) in [5, 5.41) is 0. The van der Waals surface area contributed by atoms with E-state index in [1.54, 1.807) is 0 Å². The summed E-state index contributed by atoms with van der Waals surface area (Å²) >= 11 is 0. The third kappa shape index (κ3) is 10.8. The van der Waals surface area contributed by atoms with E-state index in [1.165, 1.54) is 0 Å². The van der Waals surface area contributed by atoms with Crippen LogP contribution in [0.4, 0.5) is 0 Å². The molecule has 0 aromatic rings. The molecule has 0 aliphatic carbocycles. The Bertz CT molecular complexity index is 195. The molecule has 0 spiro atoms. The molecule has 70 valence electrons. The molecule has 1 unspecified atom stereocenters. The predicted molar refractivity (Wildman–Crippen MR) is 49.8 cm³/mol. The van der Waals surface area contributed by atoms with Crippen molar-refractivity contribution in [2.24, 2.45) is 11.5 Å². The zero-order valence-electron chi connectivity index (χ0n) is 6.23. The molecule has 0 aromatic heterocycles. The molecular weight excluding hydrogens is 191 g/mol. The Balaban J connectivity index is 0. The minimum atomic E-state index is -3.86. The monoisotopic (exact) mass is 206 g/mol. The van der Waals surface area contributed by atoms with Crippen LogP contribution in [0, 0.1) is 0 Å². The van der Waals surface area contributed by atoms with E-state index in [0.29, 0.717) is 13.0 Å². The predicted octanol–water partition coefficient (Wildman–Crippen LogP) is -1.71. The second kappa shape index (κ2) is 7.25. The zero-order chi connectivity index (χ0) is 8.91. The average molecular weight is 206 g/mol. The van der Waals surface area contributed by atoms with Gasteiger partial charge in [-0.1, -0.05) is 0 Å². The number of rotatable bonds is 5. The summed E-state index contributed by atoms with van der Waals surface area (Å²) in [6.45, 7) is 0.437. The summed E-state index contributed by atoms with van der Waals surface area (Å²) in [7, 11) is -3.86. The van der Waals surface area contributed by atoms with Crippen LogP contribution in [0.2, 0.25) is 0 Å². The van der Waals surface area contributed by atoms with Crippen LogP contribution < -0.4 is 11.5 Å². The van der Waals surface area contributed by atoms with Crippen molar-refractivity contribution in [2.45, 2.75) is 18.9 Å². The first-order valence-corrected chi connectivity index (χ1v) is 4.97. The van der Waals surface area contributed by atoms with Gasteiger partial charge in [0.05, 0.1) is 5.75 Å². The Hall–Kier alpha value is 0.830. The van der Waals surface area contributed by atoms with Crippen LogP contribution in [0.1, 0.15) is 12.8 Å². The quantitative estimate of drug-likeness (QED) is 0.367. The van der Waals surface area contributed by atoms with E-state index in [1.807, 2.05) is 0 Å². The number of hydrogen-bond acceptors (Lipinski definition) is 4. The van der Waals surface area contributed by atoms with E-state index in [2.05, 4.69) is 0 Å². The van der Waals surface area contributed by atoms with Crippen molar-refractivity contribution in [1.82, 2.24) is 0 Å². The van der Waals surface area contributed by atoms with Crippen LogP contribution in [-0.2, 0) is 10.1 Å². The van der Waals surface area contributed by atoms with Gasteiger partial charge in [0.1, 0.15) is 0 Å². The molecule has 0 aliphatic rings. The summed E-state index contributed by atoms with van der Waals surface area (Å²) < 4.78 is 28.7. The molecule has 0 fully saturated rings. The molecular formula is C5H15N2NaO3S. The fraction of sp³-hybridized carbons (Fsp3) is 1.00. The molecule has 0 saturated carbocycles. The van der Waals surface area contributed by atoms with Crippen LogP contribution in [0.3, 0.4) is 0 Å². The van der Waals surface area contributed by atoms with E-state index in [9.17, 15) is 8.42 Å². The Morgan fingerprint density at radius 3 is 2.17 bits per heavy atom. The Labute approximate surface area is 94.9 Å². The second-order valence-corrected chi connectivity index (χ2v) is 3.98. The Morgan fingerprint density at radius 2 is 1.83 bits per heavy atom.